The molecule has 1 aliphatic carbocycles. The lowest BCUT2D eigenvalue weighted by Gasteiger charge is -2.16. The van der Waals surface area contributed by atoms with Gasteiger partial charge in [-0.2, -0.15) is 5.10 Å². The molecule has 0 saturated heterocycles. The molecule has 0 unspecified atom stereocenters. The maximum atomic E-state index is 12.6. The van der Waals surface area contributed by atoms with Crippen LogP contribution in [0.25, 0.3) is 0 Å². The van der Waals surface area contributed by atoms with Gasteiger partial charge in [0.15, 0.2) is 18.3 Å². The second kappa shape index (κ2) is 8.22. The maximum absolute atomic E-state index is 12.6. The van der Waals surface area contributed by atoms with E-state index in [1.165, 1.54) is 12.8 Å². The van der Waals surface area contributed by atoms with Crippen LogP contribution in [0.5, 0.6) is 0 Å². The molecule has 2 aromatic heterocycles. The molecule has 140 valence electrons. The molecule has 1 aromatic carbocycles. The minimum Gasteiger partial charge on any atom is -0.463 e. The molecule has 0 aliphatic heterocycles. The summed E-state index contributed by atoms with van der Waals surface area (Å²) >= 11 is 0. The van der Waals surface area contributed by atoms with E-state index in [0.717, 1.165) is 30.0 Å². The molecule has 3 N–H and O–H groups in total. The fraction of sp³-hybridized carbons (Fsp3) is 0.333. The first-order valence-corrected chi connectivity index (χ1v) is 9.56. The highest BCUT2D eigenvalue weighted by Crippen LogP contribution is 2.31. The molecular weight excluding hydrogens is 340 g/mol. The van der Waals surface area contributed by atoms with E-state index >= 15 is 0 Å². The van der Waals surface area contributed by atoms with E-state index in [1.807, 2.05) is 46.4 Å². The fourth-order valence-corrected chi connectivity index (χ4v) is 3.82. The number of rotatable bonds is 7. The number of amides is 1. The van der Waals surface area contributed by atoms with Gasteiger partial charge in [0, 0.05) is 11.6 Å². The molecular formula is C21H25N4O2+. The molecule has 27 heavy (non-hydrogen) atoms. The van der Waals surface area contributed by atoms with Crippen LogP contribution in [0.15, 0.2) is 65.4 Å². The number of nitrogens with two attached hydrogens (primary N) is 1. The Morgan fingerprint density at radius 1 is 1.19 bits per heavy atom. The SMILES string of the molecule is O=C(C[NH2+][C@@H](c1ccccc1)c1ccco1)Nc1ccnn1C1CCCC1. The molecule has 0 spiro atoms. The lowest BCUT2D eigenvalue weighted by molar-refractivity contribution is -0.678. The Balaban J connectivity index is 1.41. The molecule has 0 bridgehead atoms. The Morgan fingerprint density at radius 3 is 2.74 bits per heavy atom. The minimum atomic E-state index is -0.0494. The van der Waals surface area contributed by atoms with E-state index in [0.29, 0.717) is 12.6 Å². The maximum Gasteiger partial charge on any atom is 0.280 e. The minimum absolute atomic E-state index is 0.0396. The summed E-state index contributed by atoms with van der Waals surface area (Å²) in [5.74, 6) is 1.58. The number of carbonyl (C=O) groups is 1. The molecule has 1 fully saturated rings. The van der Waals surface area contributed by atoms with Crippen LogP contribution in [-0.4, -0.2) is 22.2 Å². The van der Waals surface area contributed by atoms with Gasteiger partial charge in [-0.05, 0) is 25.0 Å². The number of benzene rings is 1. The Hall–Kier alpha value is -2.86. The first-order valence-electron chi connectivity index (χ1n) is 9.56. The molecule has 1 aliphatic rings. The number of anilines is 1. The van der Waals surface area contributed by atoms with Crippen LogP contribution < -0.4 is 10.6 Å². The Morgan fingerprint density at radius 2 is 2.00 bits per heavy atom. The Bertz CT molecular complexity index is 851. The van der Waals surface area contributed by atoms with Crippen LogP contribution in [0, 0.1) is 0 Å². The predicted octanol–water partition coefficient (Wildman–Crippen LogP) is 2.88. The molecule has 1 atom stereocenters. The molecule has 4 rings (SSSR count). The highest BCUT2D eigenvalue weighted by Gasteiger charge is 2.23. The monoisotopic (exact) mass is 365 g/mol. The number of quaternary nitrogens is 1. The number of aromatic nitrogens is 2. The normalized spacial score (nSPS) is 15.7. The third-order valence-electron chi connectivity index (χ3n) is 5.16. The second-order valence-electron chi connectivity index (χ2n) is 6.99. The van der Waals surface area contributed by atoms with Gasteiger partial charge in [-0.3, -0.25) is 4.79 Å². The van der Waals surface area contributed by atoms with Crippen LogP contribution in [0.4, 0.5) is 5.82 Å². The molecule has 6 nitrogen and oxygen atoms in total. The van der Waals surface area contributed by atoms with Crippen LogP contribution >= 0.6 is 0 Å². The highest BCUT2D eigenvalue weighted by molar-refractivity contribution is 5.90. The summed E-state index contributed by atoms with van der Waals surface area (Å²) in [6.07, 6.45) is 8.14. The number of carbonyl (C=O) groups excluding carboxylic acids is 1. The Kier molecular flexibility index (Phi) is 5.34. The van der Waals surface area contributed by atoms with Gasteiger partial charge < -0.3 is 15.1 Å². The lowest BCUT2D eigenvalue weighted by atomic mass is 10.0. The van der Waals surface area contributed by atoms with Crippen molar-refractivity contribution in [3.05, 3.63) is 72.3 Å². The van der Waals surface area contributed by atoms with Crippen molar-refractivity contribution in [1.29, 1.82) is 0 Å². The van der Waals surface area contributed by atoms with Crippen LogP contribution in [0.3, 0.4) is 0 Å². The summed E-state index contributed by atoms with van der Waals surface area (Å²) in [5.41, 5.74) is 1.11. The van der Waals surface area contributed by atoms with Crippen molar-refractivity contribution in [2.75, 3.05) is 11.9 Å². The standard InChI is InChI=1S/C21H24N4O2/c26-20(24-19-12-13-23-25(19)17-9-4-5-10-17)15-22-21(18-11-6-14-27-18)16-7-2-1-3-8-16/h1-3,6-8,11-14,17,21-22H,4-5,9-10,15H2,(H,24,26)/p+1/t21-/m0/s1. The fourth-order valence-electron chi connectivity index (χ4n) is 3.82. The molecule has 6 heteroatoms. The van der Waals surface area contributed by atoms with Crippen LogP contribution in [0.1, 0.15) is 49.1 Å². The molecule has 0 radical (unpaired) electrons. The van der Waals surface area contributed by atoms with Crippen molar-refractivity contribution in [2.24, 2.45) is 0 Å². The van der Waals surface area contributed by atoms with Gasteiger partial charge in [0.2, 0.25) is 0 Å². The second-order valence-corrected chi connectivity index (χ2v) is 6.99. The average molecular weight is 365 g/mol. The zero-order chi connectivity index (χ0) is 18.5. The van der Waals surface area contributed by atoms with Gasteiger partial charge in [-0.1, -0.05) is 43.2 Å². The van der Waals surface area contributed by atoms with Gasteiger partial charge in [0.1, 0.15) is 5.82 Å². The molecule has 2 heterocycles. The highest BCUT2D eigenvalue weighted by atomic mass is 16.3. The van der Waals surface area contributed by atoms with E-state index in [2.05, 4.69) is 22.5 Å². The van der Waals surface area contributed by atoms with E-state index in [4.69, 9.17) is 4.42 Å². The first kappa shape index (κ1) is 17.5. The van der Waals surface area contributed by atoms with Crippen molar-refractivity contribution < 1.29 is 14.5 Å². The molecule has 3 aromatic rings. The number of nitrogens with one attached hydrogen (secondary N) is 1. The summed E-state index contributed by atoms with van der Waals surface area (Å²) in [6.45, 7) is 0.302. The van der Waals surface area contributed by atoms with E-state index in [9.17, 15) is 4.79 Å². The van der Waals surface area contributed by atoms with Gasteiger partial charge in [0.25, 0.3) is 5.91 Å². The first-order chi connectivity index (χ1) is 13.3. The zero-order valence-corrected chi connectivity index (χ0v) is 15.3. The third kappa shape index (κ3) is 4.11. The summed E-state index contributed by atoms with van der Waals surface area (Å²) < 4.78 is 7.56. The topological polar surface area (TPSA) is 76.7 Å². The summed E-state index contributed by atoms with van der Waals surface area (Å²) in [5, 5.41) is 9.43. The van der Waals surface area contributed by atoms with Crippen molar-refractivity contribution in [3.63, 3.8) is 0 Å². The predicted molar refractivity (Wildman–Crippen MR) is 102 cm³/mol. The van der Waals surface area contributed by atoms with Gasteiger partial charge >= 0.3 is 0 Å². The summed E-state index contributed by atoms with van der Waals surface area (Å²) in [4.78, 5) is 12.6. The van der Waals surface area contributed by atoms with Crippen LogP contribution in [-0.2, 0) is 4.79 Å². The summed E-state index contributed by atoms with van der Waals surface area (Å²) in [6, 6.07) is 16.1. The van der Waals surface area contributed by atoms with Gasteiger partial charge in [-0.15, -0.1) is 0 Å². The number of furan rings is 1. The van der Waals surface area contributed by atoms with Gasteiger partial charge in [-0.25, -0.2) is 4.68 Å². The molecule has 1 saturated carbocycles. The van der Waals surface area contributed by atoms with E-state index in [1.54, 1.807) is 12.5 Å². The summed E-state index contributed by atoms with van der Waals surface area (Å²) in [7, 11) is 0. The average Bonchev–Trinajstić information content (AvgIpc) is 3.45. The number of hydrogen-bond acceptors (Lipinski definition) is 3. The van der Waals surface area contributed by atoms with E-state index in [-0.39, 0.29) is 11.9 Å². The Labute approximate surface area is 158 Å². The largest absolute Gasteiger partial charge is 0.463 e. The molecule has 1 amide bonds. The number of hydrogen-bond donors (Lipinski definition) is 2. The lowest BCUT2D eigenvalue weighted by Crippen LogP contribution is -2.87. The quantitative estimate of drug-likeness (QED) is 0.676. The smallest absolute Gasteiger partial charge is 0.280 e. The van der Waals surface area contributed by atoms with Crippen molar-refractivity contribution in [3.8, 4) is 0 Å². The third-order valence-corrected chi connectivity index (χ3v) is 5.16. The van der Waals surface area contributed by atoms with Crippen molar-refractivity contribution in [1.82, 2.24) is 9.78 Å². The van der Waals surface area contributed by atoms with Crippen molar-refractivity contribution >= 4 is 11.7 Å². The van der Waals surface area contributed by atoms with Crippen molar-refractivity contribution in [2.45, 2.75) is 37.8 Å². The van der Waals surface area contributed by atoms with Crippen LogP contribution in [0.2, 0.25) is 0 Å². The number of nitrogens with zero attached hydrogens (tertiary/aromatic N) is 2. The zero-order valence-electron chi connectivity index (χ0n) is 15.3. The van der Waals surface area contributed by atoms with E-state index < -0.39 is 0 Å². The van der Waals surface area contributed by atoms with Gasteiger partial charge in [0.05, 0.1) is 18.5 Å².